The zero-order chi connectivity index (χ0) is 10.3. The molecule has 6 heteroatoms. The largest absolute Gasteiger partial charge is 0.264 e. The van der Waals surface area contributed by atoms with Crippen LogP contribution in [0.3, 0.4) is 0 Å². The SMILES string of the molecule is [NH]c1nc2nccc(-c3cccs3)n2n1. The van der Waals surface area contributed by atoms with E-state index in [2.05, 4.69) is 15.1 Å². The summed E-state index contributed by atoms with van der Waals surface area (Å²) in [5, 5.41) is 5.99. The van der Waals surface area contributed by atoms with E-state index in [0.29, 0.717) is 5.78 Å². The molecule has 0 fully saturated rings. The van der Waals surface area contributed by atoms with E-state index in [-0.39, 0.29) is 5.95 Å². The van der Waals surface area contributed by atoms with Gasteiger partial charge in [0.15, 0.2) is 0 Å². The van der Waals surface area contributed by atoms with Crippen LogP contribution < -0.4 is 5.73 Å². The van der Waals surface area contributed by atoms with Gasteiger partial charge in [-0.1, -0.05) is 6.07 Å². The van der Waals surface area contributed by atoms with E-state index in [9.17, 15) is 0 Å². The van der Waals surface area contributed by atoms with E-state index in [0.717, 1.165) is 10.6 Å². The van der Waals surface area contributed by atoms with Gasteiger partial charge < -0.3 is 0 Å². The molecule has 3 heterocycles. The van der Waals surface area contributed by atoms with Crippen molar-refractivity contribution in [1.82, 2.24) is 25.3 Å². The second kappa shape index (κ2) is 3.03. The van der Waals surface area contributed by atoms with Crippen LogP contribution in [0.15, 0.2) is 29.8 Å². The van der Waals surface area contributed by atoms with Crippen molar-refractivity contribution in [3.05, 3.63) is 29.8 Å². The summed E-state index contributed by atoms with van der Waals surface area (Å²) in [6.45, 7) is 0. The fourth-order valence-corrected chi connectivity index (χ4v) is 2.14. The molecule has 0 aliphatic rings. The number of aromatic nitrogens is 4. The van der Waals surface area contributed by atoms with Gasteiger partial charge in [0.25, 0.3) is 11.7 Å². The topological polar surface area (TPSA) is 66.9 Å². The summed E-state index contributed by atoms with van der Waals surface area (Å²) in [4.78, 5) is 9.03. The number of fused-ring (bicyclic) bond motifs is 1. The summed E-state index contributed by atoms with van der Waals surface area (Å²) >= 11 is 1.62. The molecule has 1 N–H and O–H groups in total. The van der Waals surface area contributed by atoms with Gasteiger partial charge in [0.05, 0.1) is 10.6 Å². The van der Waals surface area contributed by atoms with Gasteiger partial charge in [-0.15, -0.1) is 16.4 Å². The highest BCUT2D eigenvalue weighted by atomic mass is 32.1. The Labute approximate surface area is 89.2 Å². The predicted molar refractivity (Wildman–Crippen MR) is 56.9 cm³/mol. The number of hydrogen-bond acceptors (Lipinski definition) is 4. The second-order valence-corrected chi connectivity index (χ2v) is 3.90. The van der Waals surface area contributed by atoms with E-state index in [4.69, 9.17) is 5.73 Å². The van der Waals surface area contributed by atoms with Gasteiger partial charge in [0, 0.05) is 6.20 Å². The zero-order valence-electron chi connectivity index (χ0n) is 7.58. The molecule has 0 aromatic carbocycles. The van der Waals surface area contributed by atoms with Crippen molar-refractivity contribution in [2.24, 2.45) is 0 Å². The number of rotatable bonds is 1. The Bertz CT molecular complexity index is 598. The highest BCUT2D eigenvalue weighted by Gasteiger charge is 2.08. The molecule has 0 bridgehead atoms. The first-order valence-corrected chi connectivity index (χ1v) is 5.20. The third-order valence-corrected chi connectivity index (χ3v) is 2.91. The molecular weight excluding hydrogens is 210 g/mol. The van der Waals surface area contributed by atoms with E-state index in [1.165, 1.54) is 0 Å². The lowest BCUT2D eigenvalue weighted by molar-refractivity contribution is 0.946. The monoisotopic (exact) mass is 216 g/mol. The maximum atomic E-state index is 7.37. The van der Waals surface area contributed by atoms with E-state index in [1.807, 2.05) is 23.6 Å². The zero-order valence-corrected chi connectivity index (χ0v) is 8.40. The summed E-state index contributed by atoms with van der Waals surface area (Å²) in [7, 11) is 0. The molecule has 0 spiro atoms. The van der Waals surface area contributed by atoms with E-state index in [1.54, 1.807) is 22.0 Å². The van der Waals surface area contributed by atoms with Crippen molar-refractivity contribution in [3.63, 3.8) is 0 Å². The molecule has 73 valence electrons. The number of thiophene rings is 1. The molecule has 3 aromatic heterocycles. The average molecular weight is 216 g/mol. The smallest absolute Gasteiger partial charge is 0.263 e. The van der Waals surface area contributed by atoms with Crippen molar-refractivity contribution in [3.8, 4) is 10.6 Å². The minimum atomic E-state index is -0.00786. The molecule has 0 aliphatic heterocycles. The van der Waals surface area contributed by atoms with Crippen LogP contribution in [0.2, 0.25) is 0 Å². The van der Waals surface area contributed by atoms with Crippen LogP contribution in [0.5, 0.6) is 0 Å². The maximum Gasteiger partial charge on any atom is 0.263 e. The predicted octanol–water partition coefficient (Wildman–Crippen LogP) is 1.77. The molecule has 0 aliphatic carbocycles. The molecule has 3 aromatic rings. The Morgan fingerprint density at radius 2 is 2.27 bits per heavy atom. The molecule has 0 saturated carbocycles. The van der Waals surface area contributed by atoms with Gasteiger partial charge in [0.2, 0.25) is 0 Å². The van der Waals surface area contributed by atoms with Crippen LogP contribution in [-0.4, -0.2) is 19.6 Å². The van der Waals surface area contributed by atoms with Gasteiger partial charge in [-0.3, -0.25) is 5.73 Å². The number of nitrogens with zero attached hydrogens (tertiary/aromatic N) is 4. The summed E-state index contributed by atoms with van der Waals surface area (Å²) in [5.74, 6) is 0.456. The van der Waals surface area contributed by atoms with E-state index < -0.39 is 0 Å². The van der Waals surface area contributed by atoms with E-state index >= 15 is 0 Å². The Morgan fingerprint density at radius 1 is 1.33 bits per heavy atom. The maximum absolute atomic E-state index is 7.37. The molecule has 0 saturated heterocycles. The fraction of sp³-hybridized carbons (Fsp3) is 0. The molecule has 3 rings (SSSR count). The van der Waals surface area contributed by atoms with Gasteiger partial charge in [-0.2, -0.15) is 9.50 Å². The number of nitrogens with one attached hydrogen (secondary N) is 1. The molecule has 1 radical (unpaired) electrons. The average Bonchev–Trinajstić information content (AvgIpc) is 2.82. The van der Waals surface area contributed by atoms with Gasteiger partial charge in [-0.05, 0) is 17.5 Å². The molecular formula is C9H6N5S. The lowest BCUT2D eigenvalue weighted by Crippen LogP contribution is -1.94. The first-order valence-electron chi connectivity index (χ1n) is 4.32. The quantitative estimate of drug-likeness (QED) is 0.622. The normalized spacial score (nSPS) is 10.9. The van der Waals surface area contributed by atoms with Crippen LogP contribution in [0.1, 0.15) is 0 Å². The summed E-state index contributed by atoms with van der Waals surface area (Å²) in [6, 6.07) is 5.85. The minimum Gasteiger partial charge on any atom is -0.264 e. The molecule has 15 heavy (non-hydrogen) atoms. The Morgan fingerprint density at radius 3 is 3.07 bits per heavy atom. The fourth-order valence-electron chi connectivity index (χ4n) is 1.40. The summed E-state index contributed by atoms with van der Waals surface area (Å²) < 4.78 is 1.59. The third kappa shape index (κ3) is 1.26. The lowest BCUT2D eigenvalue weighted by atomic mass is 10.3. The molecule has 0 unspecified atom stereocenters. The van der Waals surface area contributed by atoms with Crippen molar-refractivity contribution < 1.29 is 0 Å². The standard InChI is InChI=1S/C9H6N5S/c10-8-12-9-11-4-3-6(14(9)13-8)7-2-1-5-15-7/h1-5,10H. The summed E-state index contributed by atoms with van der Waals surface area (Å²) in [5.41, 5.74) is 8.28. The minimum absolute atomic E-state index is 0.00786. The van der Waals surface area contributed by atoms with Gasteiger partial charge in [0.1, 0.15) is 0 Å². The van der Waals surface area contributed by atoms with Crippen LogP contribution in [0, 0.1) is 0 Å². The highest BCUT2D eigenvalue weighted by molar-refractivity contribution is 7.13. The van der Waals surface area contributed by atoms with Gasteiger partial charge >= 0.3 is 0 Å². The third-order valence-electron chi connectivity index (χ3n) is 2.01. The first kappa shape index (κ1) is 8.37. The highest BCUT2D eigenvalue weighted by Crippen LogP contribution is 2.24. The molecule has 0 atom stereocenters. The van der Waals surface area contributed by atoms with Gasteiger partial charge in [-0.25, -0.2) is 4.98 Å². The van der Waals surface area contributed by atoms with Crippen LogP contribution >= 0.6 is 11.3 Å². The Balaban J connectivity index is 2.35. The number of hydrogen-bond donors (Lipinski definition) is 0. The lowest BCUT2D eigenvalue weighted by Gasteiger charge is -1.98. The molecule has 5 nitrogen and oxygen atoms in total. The van der Waals surface area contributed by atoms with Crippen LogP contribution in [0.25, 0.3) is 16.3 Å². The molecule has 0 amide bonds. The Hall–Kier alpha value is -1.95. The first-order chi connectivity index (χ1) is 7.34. The van der Waals surface area contributed by atoms with Crippen LogP contribution in [0.4, 0.5) is 5.95 Å². The van der Waals surface area contributed by atoms with Crippen molar-refractivity contribution in [2.45, 2.75) is 0 Å². The van der Waals surface area contributed by atoms with Crippen molar-refractivity contribution >= 4 is 23.1 Å². The van der Waals surface area contributed by atoms with Crippen LogP contribution in [-0.2, 0) is 0 Å². The second-order valence-electron chi connectivity index (χ2n) is 2.95. The Kier molecular flexibility index (Phi) is 1.69. The van der Waals surface area contributed by atoms with Crippen molar-refractivity contribution in [1.29, 1.82) is 0 Å². The van der Waals surface area contributed by atoms with Crippen molar-refractivity contribution in [2.75, 3.05) is 0 Å². The summed E-state index contributed by atoms with van der Waals surface area (Å²) in [6.07, 6.45) is 1.68.